The van der Waals surface area contributed by atoms with Crippen LogP contribution in [-0.2, 0) is 28.2 Å². The lowest BCUT2D eigenvalue weighted by Crippen LogP contribution is -2.44. The molecule has 2 heterocycles. The first-order chi connectivity index (χ1) is 25.4. The second kappa shape index (κ2) is 25.1. The van der Waals surface area contributed by atoms with Gasteiger partial charge in [0.05, 0.1) is 13.7 Å². The first-order valence-electron chi connectivity index (χ1n) is 17.8. The van der Waals surface area contributed by atoms with E-state index in [1.165, 1.54) is 0 Å². The van der Waals surface area contributed by atoms with Crippen molar-refractivity contribution < 1.29 is 37.6 Å². The van der Waals surface area contributed by atoms with Crippen LogP contribution < -0.4 is 26.7 Å². The Morgan fingerprint density at radius 2 is 1.53 bits per heavy atom. The van der Waals surface area contributed by atoms with E-state index in [1.54, 1.807) is 0 Å². The highest BCUT2D eigenvalue weighted by atomic mass is 31.2. The topological polar surface area (TPSA) is 190 Å². The van der Waals surface area contributed by atoms with Gasteiger partial charge in [-0.15, -0.1) is 0 Å². The quantitative estimate of drug-likeness (QED) is 0.0405. The number of alkyl halides is 1. The lowest BCUT2D eigenvalue weighted by atomic mass is 9.98. The standard InChI is InChI=1S/C37H55FN5O9P/c1-4-5-6-7-8-9-10-11-12-13-14-15-16-17-18-19-20-21-22-23-31(44)39-25-26-40-53(49,41-28-33(46)50-3)51-29-30-34(47)37(2,38)35(52-30)43-27-24-32(45)42-36(43)48/h5-6,8-9,11-12,14-15,17-18,20-21,24,27,30,34-35,47H,4,7,10,13,16,19,22-23,25-26,28-29H2,1-3H3,(H,39,44)(H2,40,41,49)(H,42,45,48)/b6-5-,9-8-,12-11-,15-14-,18-17-,21-20-/t30-,34-,35-,37-,53?/m1/s1. The summed E-state index contributed by atoms with van der Waals surface area (Å²) in [5.41, 5.74) is -4.15. The van der Waals surface area contributed by atoms with Gasteiger partial charge in [0, 0.05) is 31.8 Å². The maximum atomic E-state index is 15.5. The van der Waals surface area contributed by atoms with Crippen LogP contribution in [0.15, 0.2) is 94.8 Å². The Morgan fingerprint density at radius 1 is 0.962 bits per heavy atom. The largest absolute Gasteiger partial charge is 0.468 e. The Hall–Kier alpha value is -3.98. The number of allylic oxidation sites excluding steroid dienone is 12. The second-order valence-electron chi connectivity index (χ2n) is 12.1. The van der Waals surface area contributed by atoms with E-state index in [-0.39, 0.29) is 25.4 Å². The molecule has 5 N–H and O–H groups in total. The molecule has 1 aromatic rings. The summed E-state index contributed by atoms with van der Waals surface area (Å²) in [5.74, 6) is -0.970. The number of aromatic nitrogens is 2. The van der Waals surface area contributed by atoms with Crippen molar-refractivity contribution in [1.82, 2.24) is 25.0 Å². The van der Waals surface area contributed by atoms with Crippen molar-refractivity contribution in [2.45, 2.75) is 89.3 Å². The lowest BCUT2D eigenvalue weighted by molar-refractivity contribution is -0.139. The van der Waals surface area contributed by atoms with Gasteiger partial charge in [0.15, 0.2) is 11.9 Å². The summed E-state index contributed by atoms with van der Waals surface area (Å²) >= 11 is 0. The summed E-state index contributed by atoms with van der Waals surface area (Å²) in [6.45, 7) is 2.04. The van der Waals surface area contributed by atoms with Crippen LogP contribution in [-0.4, -0.2) is 77.8 Å². The van der Waals surface area contributed by atoms with Crippen molar-refractivity contribution in [2.24, 2.45) is 0 Å². The van der Waals surface area contributed by atoms with Crippen molar-refractivity contribution in [3.8, 4) is 0 Å². The van der Waals surface area contributed by atoms with Crippen LogP contribution >= 0.6 is 7.67 Å². The summed E-state index contributed by atoms with van der Waals surface area (Å²) in [7, 11) is -2.90. The van der Waals surface area contributed by atoms with Gasteiger partial charge in [0.2, 0.25) is 5.91 Å². The number of halogens is 1. The van der Waals surface area contributed by atoms with Crippen LogP contribution in [0.25, 0.3) is 0 Å². The van der Waals surface area contributed by atoms with Gasteiger partial charge in [-0.05, 0) is 51.9 Å². The Bertz CT molecular complexity index is 1620. The Balaban J connectivity index is 1.70. The van der Waals surface area contributed by atoms with Gasteiger partial charge >= 0.3 is 19.3 Å². The van der Waals surface area contributed by atoms with E-state index >= 15 is 4.39 Å². The molecule has 14 nitrogen and oxygen atoms in total. The number of aliphatic hydroxyl groups is 1. The molecule has 1 unspecified atom stereocenters. The fourth-order valence-electron chi connectivity index (χ4n) is 4.88. The molecule has 0 saturated carbocycles. The summed E-state index contributed by atoms with van der Waals surface area (Å²) in [4.78, 5) is 49.6. The third-order valence-corrected chi connectivity index (χ3v) is 9.53. The Kier molecular flexibility index (Phi) is 21.4. The summed E-state index contributed by atoms with van der Waals surface area (Å²) in [5, 5.41) is 18.4. The number of amides is 1. The molecule has 0 spiro atoms. The van der Waals surface area contributed by atoms with Crippen LogP contribution in [0.1, 0.15) is 71.4 Å². The van der Waals surface area contributed by atoms with Gasteiger partial charge in [0.25, 0.3) is 5.56 Å². The van der Waals surface area contributed by atoms with E-state index in [1.807, 2.05) is 17.1 Å². The van der Waals surface area contributed by atoms with Crippen molar-refractivity contribution >= 4 is 19.5 Å². The maximum absolute atomic E-state index is 15.5. The molecule has 0 aromatic carbocycles. The predicted octanol–water partition coefficient (Wildman–Crippen LogP) is 4.59. The molecule has 294 valence electrons. The number of ether oxygens (including phenoxy) is 2. The SMILES string of the molecule is CC/C=C\C/C=C\C/C=C\C/C=C\C/C=C\C/C=C\CCC(=O)NCCNP(=O)(NCC(=O)OC)OC[C@H]1O[C@@H](n2ccc(=O)[nH]c2=O)[C@](C)(F)[C@@H]1O. The number of carbonyl (C=O) groups excluding carboxylic acids is 2. The van der Waals surface area contributed by atoms with Crippen LogP contribution in [0.4, 0.5) is 4.39 Å². The van der Waals surface area contributed by atoms with Crippen molar-refractivity contribution in [2.75, 3.05) is 33.4 Å². The number of nitrogens with zero attached hydrogens (tertiary/aromatic N) is 1. The zero-order valence-electron chi connectivity index (χ0n) is 30.8. The lowest BCUT2D eigenvalue weighted by Gasteiger charge is -2.25. The Morgan fingerprint density at radius 3 is 2.08 bits per heavy atom. The molecule has 1 fully saturated rings. The fourth-order valence-corrected chi connectivity index (χ4v) is 6.27. The summed E-state index contributed by atoms with van der Waals surface area (Å²) in [6.07, 6.45) is 27.8. The molecular formula is C37H55FN5O9P. The van der Waals surface area contributed by atoms with Crippen molar-refractivity contribution in [1.29, 1.82) is 0 Å². The minimum atomic E-state index is -4.04. The van der Waals surface area contributed by atoms with E-state index in [9.17, 15) is 28.8 Å². The maximum Gasteiger partial charge on any atom is 0.341 e. The van der Waals surface area contributed by atoms with Crippen LogP contribution in [0.5, 0.6) is 0 Å². The second-order valence-corrected chi connectivity index (χ2v) is 14.1. The zero-order chi connectivity index (χ0) is 39.0. The number of rotatable bonds is 25. The van der Waals surface area contributed by atoms with E-state index in [0.717, 1.165) is 69.4 Å². The van der Waals surface area contributed by atoms with Gasteiger partial charge < -0.3 is 24.4 Å². The molecule has 0 radical (unpaired) electrons. The first-order valence-corrected chi connectivity index (χ1v) is 19.4. The summed E-state index contributed by atoms with van der Waals surface area (Å²) in [6, 6.07) is 0.996. The zero-order valence-corrected chi connectivity index (χ0v) is 31.7. The van der Waals surface area contributed by atoms with Crippen LogP contribution in [0.3, 0.4) is 0 Å². The summed E-state index contributed by atoms with van der Waals surface area (Å²) < 4.78 is 45.4. The fraction of sp³-hybridized carbons (Fsp3) is 0.514. The van der Waals surface area contributed by atoms with E-state index in [2.05, 4.69) is 87.9 Å². The van der Waals surface area contributed by atoms with Gasteiger partial charge in [-0.3, -0.25) is 28.5 Å². The average molecular weight is 764 g/mol. The molecule has 53 heavy (non-hydrogen) atoms. The molecule has 1 aromatic heterocycles. The van der Waals surface area contributed by atoms with Gasteiger partial charge in [-0.2, -0.15) is 0 Å². The first kappa shape index (κ1) is 45.2. The Labute approximate surface area is 310 Å². The molecule has 5 atom stereocenters. The van der Waals surface area contributed by atoms with Gasteiger partial charge in [0.1, 0.15) is 18.8 Å². The number of hydrogen-bond donors (Lipinski definition) is 5. The molecule has 1 amide bonds. The molecule has 0 aliphatic carbocycles. The monoisotopic (exact) mass is 763 g/mol. The molecule has 16 heteroatoms. The number of aromatic amines is 1. The number of methoxy groups -OCH3 is 1. The van der Waals surface area contributed by atoms with Gasteiger partial charge in [-0.25, -0.2) is 19.4 Å². The number of hydrogen-bond acceptors (Lipinski definition) is 9. The molecule has 1 aliphatic rings. The molecule has 1 saturated heterocycles. The highest BCUT2D eigenvalue weighted by molar-refractivity contribution is 7.54. The number of carbonyl (C=O) groups is 2. The number of esters is 1. The number of aliphatic hydroxyl groups excluding tert-OH is 1. The normalized spacial score (nSPS) is 21.9. The molecule has 0 bridgehead atoms. The minimum Gasteiger partial charge on any atom is -0.468 e. The highest BCUT2D eigenvalue weighted by Crippen LogP contribution is 2.43. The third kappa shape index (κ3) is 17.6. The minimum absolute atomic E-state index is 0.0403. The van der Waals surface area contributed by atoms with Crippen molar-refractivity contribution in [3.05, 3.63) is 106 Å². The van der Waals surface area contributed by atoms with Gasteiger partial charge in [-0.1, -0.05) is 79.8 Å². The van der Waals surface area contributed by atoms with Crippen molar-refractivity contribution in [3.63, 3.8) is 0 Å². The molecule has 1 aliphatic heterocycles. The van der Waals surface area contributed by atoms with Crippen LogP contribution in [0, 0.1) is 0 Å². The van der Waals surface area contributed by atoms with E-state index in [4.69, 9.17) is 9.26 Å². The molecular weight excluding hydrogens is 708 g/mol. The molecule has 2 rings (SSSR count). The third-order valence-electron chi connectivity index (χ3n) is 7.80. The number of H-pyrrole nitrogens is 1. The average Bonchev–Trinajstić information content (AvgIpc) is 3.36. The number of nitrogens with one attached hydrogen (secondary N) is 4. The highest BCUT2D eigenvalue weighted by Gasteiger charge is 2.55. The van der Waals surface area contributed by atoms with E-state index < -0.39 is 62.1 Å². The van der Waals surface area contributed by atoms with Crippen LogP contribution in [0.2, 0.25) is 0 Å². The van der Waals surface area contributed by atoms with E-state index in [0.29, 0.717) is 6.42 Å². The predicted molar refractivity (Wildman–Crippen MR) is 203 cm³/mol. The smallest absolute Gasteiger partial charge is 0.341 e.